The minimum absolute atomic E-state index is 0.257. The van der Waals surface area contributed by atoms with Crippen LogP contribution in [0.5, 0.6) is 0 Å². The molecule has 148 valence electrons. The van der Waals surface area contributed by atoms with Crippen LogP contribution in [0.4, 0.5) is 4.79 Å². The van der Waals surface area contributed by atoms with E-state index in [0.717, 1.165) is 0 Å². The number of benzene rings is 2. The van der Waals surface area contributed by atoms with Crippen LogP contribution in [0.1, 0.15) is 23.2 Å². The standard InChI is InChI=1S/C19H14Cl2N4O3S/c20-11-5-1-9(2-6-11)13-19(15(26)24-17(28)25-16(19)27)14(23-18(29)22-13)10-3-7-12(21)8-4-10/h1-8,13-14H,(H2,22,23,29)(H2,24,25,26,27,28)/t13-,14-/m1/s1. The van der Waals surface area contributed by atoms with Gasteiger partial charge in [0, 0.05) is 10.0 Å². The predicted octanol–water partition coefficient (Wildman–Crippen LogP) is 2.61. The third-order valence-electron chi connectivity index (χ3n) is 5.07. The van der Waals surface area contributed by atoms with Crippen LogP contribution in [0, 0.1) is 5.41 Å². The van der Waals surface area contributed by atoms with E-state index in [-0.39, 0.29) is 5.11 Å². The zero-order valence-electron chi connectivity index (χ0n) is 14.7. The molecule has 1 spiro atoms. The molecule has 0 aromatic heterocycles. The van der Waals surface area contributed by atoms with Crippen molar-refractivity contribution in [3.63, 3.8) is 0 Å². The van der Waals surface area contributed by atoms with E-state index in [9.17, 15) is 14.4 Å². The highest BCUT2D eigenvalue weighted by Gasteiger charge is 2.63. The van der Waals surface area contributed by atoms with Crippen molar-refractivity contribution < 1.29 is 14.4 Å². The molecule has 4 rings (SSSR count). The summed E-state index contributed by atoms with van der Waals surface area (Å²) in [5.74, 6) is -1.48. The quantitative estimate of drug-likeness (QED) is 0.416. The van der Waals surface area contributed by atoms with Gasteiger partial charge >= 0.3 is 6.03 Å². The van der Waals surface area contributed by atoms with Gasteiger partial charge in [0.1, 0.15) is 0 Å². The van der Waals surface area contributed by atoms with Crippen LogP contribution in [0.15, 0.2) is 48.5 Å². The summed E-state index contributed by atoms with van der Waals surface area (Å²) in [4.78, 5) is 38.2. The third kappa shape index (κ3) is 3.23. The summed E-state index contributed by atoms with van der Waals surface area (Å²) in [6.07, 6.45) is 0. The highest BCUT2D eigenvalue weighted by molar-refractivity contribution is 7.80. The maximum absolute atomic E-state index is 13.2. The van der Waals surface area contributed by atoms with Crippen LogP contribution in [-0.4, -0.2) is 23.0 Å². The number of hydrogen-bond donors (Lipinski definition) is 4. The third-order valence-corrected chi connectivity index (χ3v) is 5.81. The first kappa shape index (κ1) is 19.6. The number of nitrogens with one attached hydrogen (secondary N) is 4. The molecule has 4 N–H and O–H groups in total. The largest absolute Gasteiger partial charge is 0.354 e. The van der Waals surface area contributed by atoms with E-state index in [1.807, 2.05) is 0 Å². The minimum Gasteiger partial charge on any atom is -0.354 e. The minimum atomic E-state index is -1.75. The Labute approximate surface area is 181 Å². The molecule has 2 fully saturated rings. The molecule has 0 radical (unpaired) electrons. The van der Waals surface area contributed by atoms with Crippen LogP contribution in [0.25, 0.3) is 0 Å². The lowest BCUT2D eigenvalue weighted by Gasteiger charge is -2.49. The molecule has 2 aliphatic heterocycles. The van der Waals surface area contributed by atoms with Crippen LogP contribution in [0.2, 0.25) is 10.0 Å². The van der Waals surface area contributed by atoms with Crippen molar-refractivity contribution in [1.29, 1.82) is 0 Å². The lowest BCUT2D eigenvalue weighted by molar-refractivity contribution is -0.149. The van der Waals surface area contributed by atoms with Crippen molar-refractivity contribution in [2.45, 2.75) is 12.1 Å². The molecular formula is C19H14Cl2N4O3S. The van der Waals surface area contributed by atoms with Crippen molar-refractivity contribution in [2.24, 2.45) is 5.41 Å². The summed E-state index contributed by atoms with van der Waals surface area (Å²) in [6.45, 7) is 0. The van der Waals surface area contributed by atoms with Crippen molar-refractivity contribution in [2.75, 3.05) is 0 Å². The molecule has 2 saturated heterocycles. The van der Waals surface area contributed by atoms with Gasteiger partial charge in [0.2, 0.25) is 11.8 Å². The number of hydrogen-bond acceptors (Lipinski definition) is 4. The second-order valence-electron chi connectivity index (χ2n) is 6.69. The normalized spacial score (nSPS) is 23.1. The van der Waals surface area contributed by atoms with Crippen molar-refractivity contribution in [3.05, 3.63) is 69.7 Å². The highest BCUT2D eigenvalue weighted by atomic mass is 35.5. The second kappa shape index (κ2) is 7.29. The van der Waals surface area contributed by atoms with Crippen LogP contribution < -0.4 is 21.3 Å². The fraction of sp³-hybridized carbons (Fsp3) is 0.158. The number of thiocarbonyl (C=S) groups is 1. The van der Waals surface area contributed by atoms with Gasteiger partial charge in [-0.05, 0) is 47.6 Å². The number of urea groups is 1. The topological polar surface area (TPSA) is 99.3 Å². The SMILES string of the molecule is O=C1NC(=O)C2(C(=O)N1)[C@@H](c1ccc(Cl)cc1)NC(=S)N[C@@H]2c1ccc(Cl)cc1. The maximum atomic E-state index is 13.2. The van der Waals surface area contributed by atoms with Crippen molar-refractivity contribution in [3.8, 4) is 0 Å². The predicted molar refractivity (Wildman–Crippen MR) is 111 cm³/mol. The molecule has 2 heterocycles. The molecule has 29 heavy (non-hydrogen) atoms. The smallest absolute Gasteiger partial charge is 0.328 e. The van der Waals surface area contributed by atoms with Crippen molar-refractivity contribution >= 4 is 58.4 Å². The molecule has 10 heteroatoms. The van der Waals surface area contributed by atoms with Gasteiger partial charge in [-0.3, -0.25) is 20.2 Å². The maximum Gasteiger partial charge on any atom is 0.328 e. The molecule has 2 aliphatic rings. The zero-order valence-corrected chi connectivity index (χ0v) is 17.0. The molecule has 0 unspecified atom stereocenters. The first-order valence-corrected chi connectivity index (χ1v) is 9.73. The number of barbiturate groups is 1. The van der Waals surface area contributed by atoms with E-state index in [1.54, 1.807) is 48.5 Å². The fourth-order valence-electron chi connectivity index (χ4n) is 3.77. The Bertz CT molecular complexity index is 947. The average Bonchev–Trinajstić information content (AvgIpc) is 2.67. The number of carbonyl (C=O) groups excluding carboxylic acids is 3. The van der Waals surface area contributed by atoms with E-state index in [4.69, 9.17) is 35.4 Å². The Balaban J connectivity index is 1.93. The Morgan fingerprint density at radius 1 is 0.724 bits per heavy atom. The Kier molecular flexibility index (Phi) is 4.94. The average molecular weight is 449 g/mol. The van der Waals surface area contributed by atoms with Gasteiger partial charge in [0.05, 0.1) is 12.1 Å². The van der Waals surface area contributed by atoms with Crippen LogP contribution in [-0.2, 0) is 9.59 Å². The molecule has 0 bridgehead atoms. The molecule has 0 aliphatic carbocycles. The number of halogens is 2. The summed E-state index contributed by atoms with van der Waals surface area (Å²) in [6, 6.07) is 10.8. The molecule has 4 amide bonds. The van der Waals surface area contributed by atoms with Gasteiger partial charge in [-0.15, -0.1) is 0 Å². The van der Waals surface area contributed by atoms with Crippen molar-refractivity contribution in [1.82, 2.24) is 21.3 Å². The van der Waals surface area contributed by atoms with Gasteiger partial charge in [0.25, 0.3) is 0 Å². The summed E-state index contributed by atoms with van der Waals surface area (Å²) < 4.78 is 0. The van der Waals surface area contributed by atoms with E-state index < -0.39 is 35.3 Å². The monoisotopic (exact) mass is 448 g/mol. The number of carbonyl (C=O) groups is 3. The summed E-state index contributed by atoms with van der Waals surface area (Å²) >= 11 is 17.4. The Hall–Kier alpha value is -2.68. The van der Waals surface area contributed by atoms with E-state index in [2.05, 4.69) is 21.3 Å². The molecule has 2 atom stereocenters. The number of rotatable bonds is 2. The lowest BCUT2D eigenvalue weighted by atomic mass is 9.66. The van der Waals surface area contributed by atoms with Gasteiger partial charge in [0.15, 0.2) is 10.5 Å². The first-order valence-electron chi connectivity index (χ1n) is 8.57. The van der Waals surface area contributed by atoms with Crippen LogP contribution >= 0.6 is 35.4 Å². The molecule has 0 saturated carbocycles. The summed E-state index contributed by atoms with van der Waals surface area (Å²) in [7, 11) is 0. The Morgan fingerprint density at radius 2 is 1.10 bits per heavy atom. The number of amides is 4. The summed E-state index contributed by atoms with van der Waals surface area (Å²) in [5, 5.41) is 11.7. The molecular weight excluding hydrogens is 435 g/mol. The summed E-state index contributed by atoms with van der Waals surface area (Å²) in [5.41, 5.74) is -0.536. The van der Waals surface area contributed by atoms with Gasteiger partial charge < -0.3 is 10.6 Å². The van der Waals surface area contributed by atoms with Gasteiger partial charge in [-0.1, -0.05) is 47.5 Å². The van der Waals surface area contributed by atoms with Gasteiger partial charge in [-0.2, -0.15) is 0 Å². The number of imide groups is 2. The fourth-order valence-corrected chi connectivity index (χ4v) is 4.26. The van der Waals surface area contributed by atoms with E-state index in [1.165, 1.54) is 0 Å². The Morgan fingerprint density at radius 3 is 1.48 bits per heavy atom. The highest BCUT2D eigenvalue weighted by Crippen LogP contribution is 2.48. The second-order valence-corrected chi connectivity index (χ2v) is 7.97. The lowest BCUT2D eigenvalue weighted by Crippen LogP contribution is -2.73. The molecule has 7 nitrogen and oxygen atoms in total. The first-order chi connectivity index (χ1) is 13.8. The van der Waals surface area contributed by atoms with Gasteiger partial charge in [-0.25, -0.2) is 4.79 Å². The van der Waals surface area contributed by atoms with Crippen LogP contribution in [0.3, 0.4) is 0 Å². The van der Waals surface area contributed by atoms with E-state index in [0.29, 0.717) is 21.2 Å². The molecule has 2 aromatic carbocycles. The zero-order chi connectivity index (χ0) is 20.8. The molecule has 2 aromatic rings. The van der Waals surface area contributed by atoms with E-state index >= 15 is 0 Å².